The van der Waals surface area contributed by atoms with Crippen LogP contribution in [0.2, 0.25) is 0 Å². The molecular formula is C23H22N2O5S. The van der Waals surface area contributed by atoms with E-state index in [9.17, 15) is 9.59 Å². The van der Waals surface area contributed by atoms with Crippen molar-refractivity contribution in [3.05, 3.63) is 66.6 Å². The zero-order valence-corrected chi connectivity index (χ0v) is 18.0. The van der Waals surface area contributed by atoms with Gasteiger partial charge in [0.25, 0.3) is 0 Å². The average Bonchev–Trinajstić information content (AvgIpc) is 3.28. The molecule has 0 fully saturated rings. The van der Waals surface area contributed by atoms with E-state index in [4.69, 9.17) is 13.9 Å². The number of furan rings is 1. The number of rotatable bonds is 6. The number of hydrogen-bond acceptors (Lipinski definition) is 6. The second-order valence-corrected chi connectivity index (χ2v) is 8.14. The maximum absolute atomic E-state index is 13.1. The minimum atomic E-state index is -0.308. The van der Waals surface area contributed by atoms with E-state index < -0.39 is 0 Å². The SMILES string of the molecule is COc1ccc(NC(=O)CN2C(=O)CC(c3ccco3)Sc3ccccc32)cc1OC. The van der Waals surface area contributed by atoms with Gasteiger partial charge in [0.05, 0.1) is 31.4 Å². The molecule has 1 aliphatic rings. The Morgan fingerprint density at radius 2 is 1.94 bits per heavy atom. The number of benzene rings is 2. The van der Waals surface area contributed by atoms with Gasteiger partial charge in [0, 0.05) is 23.1 Å². The van der Waals surface area contributed by atoms with Gasteiger partial charge in [0.15, 0.2) is 11.5 Å². The van der Waals surface area contributed by atoms with E-state index in [1.807, 2.05) is 36.4 Å². The fraction of sp³-hybridized carbons (Fsp3) is 0.217. The first kappa shape index (κ1) is 20.9. The van der Waals surface area contributed by atoms with E-state index in [0.717, 1.165) is 10.7 Å². The summed E-state index contributed by atoms with van der Waals surface area (Å²) in [4.78, 5) is 28.4. The summed E-state index contributed by atoms with van der Waals surface area (Å²) in [5, 5.41) is 2.68. The number of carbonyl (C=O) groups is 2. The van der Waals surface area contributed by atoms with Crippen molar-refractivity contribution < 1.29 is 23.5 Å². The van der Waals surface area contributed by atoms with E-state index in [2.05, 4.69) is 5.32 Å². The summed E-state index contributed by atoms with van der Waals surface area (Å²) in [6, 6.07) is 16.4. The molecular weight excluding hydrogens is 416 g/mol. The van der Waals surface area contributed by atoms with E-state index >= 15 is 0 Å². The Labute approximate surface area is 184 Å². The Balaban J connectivity index is 1.55. The van der Waals surface area contributed by atoms with Crippen LogP contribution in [0.1, 0.15) is 17.4 Å². The Morgan fingerprint density at radius 3 is 2.68 bits per heavy atom. The van der Waals surface area contributed by atoms with Gasteiger partial charge in [-0.3, -0.25) is 9.59 Å². The molecule has 1 atom stereocenters. The second kappa shape index (κ2) is 9.18. The van der Waals surface area contributed by atoms with Gasteiger partial charge >= 0.3 is 0 Å². The van der Waals surface area contributed by atoms with Crippen LogP contribution in [0.4, 0.5) is 11.4 Å². The lowest BCUT2D eigenvalue weighted by molar-refractivity contribution is -0.121. The molecule has 2 aromatic carbocycles. The van der Waals surface area contributed by atoms with Crippen LogP contribution >= 0.6 is 11.8 Å². The number of ether oxygens (including phenoxy) is 2. The van der Waals surface area contributed by atoms with Gasteiger partial charge in [-0.25, -0.2) is 0 Å². The van der Waals surface area contributed by atoms with Gasteiger partial charge in [0.1, 0.15) is 12.3 Å². The molecule has 160 valence electrons. The van der Waals surface area contributed by atoms with Crippen LogP contribution < -0.4 is 19.7 Å². The molecule has 3 aromatic rings. The number of nitrogens with zero attached hydrogens (tertiary/aromatic N) is 1. The van der Waals surface area contributed by atoms with Crippen LogP contribution in [0.5, 0.6) is 11.5 Å². The number of methoxy groups -OCH3 is 2. The second-order valence-electron chi connectivity index (χ2n) is 6.89. The quantitative estimate of drug-likeness (QED) is 0.610. The molecule has 7 nitrogen and oxygen atoms in total. The third kappa shape index (κ3) is 4.54. The van der Waals surface area contributed by atoms with E-state index in [1.54, 1.807) is 43.3 Å². The summed E-state index contributed by atoms with van der Waals surface area (Å²) in [5.74, 6) is 1.37. The number of amides is 2. The highest BCUT2D eigenvalue weighted by Gasteiger charge is 2.31. The van der Waals surface area contributed by atoms with E-state index in [-0.39, 0.29) is 30.0 Å². The number of fused-ring (bicyclic) bond motifs is 1. The summed E-state index contributed by atoms with van der Waals surface area (Å²) in [7, 11) is 3.08. The minimum absolute atomic E-state index is 0.102. The number of para-hydroxylation sites is 1. The summed E-state index contributed by atoms with van der Waals surface area (Å²) in [6.45, 7) is -0.102. The molecule has 0 bridgehead atoms. The lowest BCUT2D eigenvalue weighted by Crippen LogP contribution is -2.38. The zero-order valence-electron chi connectivity index (χ0n) is 17.2. The van der Waals surface area contributed by atoms with Crippen LogP contribution in [-0.2, 0) is 9.59 Å². The monoisotopic (exact) mass is 438 g/mol. The number of nitrogens with one attached hydrogen (secondary N) is 1. The molecule has 0 saturated heterocycles. The normalized spacial score (nSPS) is 15.7. The van der Waals surface area contributed by atoms with Crippen molar-refractivity contribution in [2.45, 2.75) is 16.6 Å². The molecule has 0 spiro atoms. The van der Waals surface area contributed by atoms with Crippen LogP contribution in [0, 0.1) is 0 Å². The Kier molecular flexibility index (Phi) is 6.18. The predicted octanol–water partition coefficient (Wildman–Crippen LogP) is 4.51. The predicted molar refractivity (Wildman–Crippen MR) is 119 cm³/mol. The minimum Gasteiger partial charge on any atom is -0.493 e. The van der Waals surface area contributed by atoms with Crippen molar-refractivity contribution in [1.82, 2.24) is 0 Å². The molecule has 2 heterocycles. The first-order chi connectivity index (χ1) is 15.1. The third-order valence-electron chi connectivity index (χ3n) is 4.92. The van der Waals surface area contributed by atoms with Crippen LogP contribution in [0.15, 0.2) is 70.2 Å². The molecule has 31 heavy (non-hydrogen) atoms. The topological polar surface area (TPSA) is 81.0 Å². The standard InChI is InChI=1S/C23H22N2O5S/c1-28-17-10-9-15(12-19(17)29-2)24-22(26)14-25-16-6-3-4-8-20(16)31-21(13-23(25)27)18-7-5-11-30-18/h3-12,21H,13-14H2,1-2H3,(H,24,26). The van der Waals surface area contributed by atoms with Crippen molar-refractivity contribution in [1.29, 1.82) is 0 Å². The van der Waals surface area contributed by atoms with E-state index in [1.165, 1.54) is 12.0 Å². The molecule has 2 amide bonds. The molecule has 8 heteroatoms. The van der Waals surface area contributed by atoms with Crippen LogP contribution in [-0.4, -0.2) is 32.6 Å². The first-order valence-corrected chi connectivity index (χ1v) is 10.6. The first-order valence-electron chi connectivity index (χ1n) is 9.70. The highest BCUT2D eigenvalue weighted by molar-refractivity contribution is 7.99. The smallest absolute Gasteiger partial charge is 0.244 e. The molecule has 1 unspecified atom stereocenters. The molecule has 1 aromatic heterocycles. The van der Waals surface area contributed by atoms with E-state index in [0.29, 0.717) is 22.9 Å². The molecule has 0 radical (unpaired) electrons. The lowest BCUT2D eigenvalue weighted by atomic mass is 10.2. The Hall–Kier alpha value is -3.39. The molecule has 4 rings (SSSR count). The fourth-order valence-electron chi connectivity index (χ4n) is 3.44. The van der Waals surface area contributed by atoms with Gasteiger partial charge in [-0.05, 0) is 36.4 Å². The highest BCUT2D eigenvalue weighted by Crippen LogP contribution is 2.45. The summed E-state index contributed by atoms with van der Waals surface area (Å²) < 4.78 is 16.0. The zero-order chi connectivity index (χ0) is 21.8. The van der Waals surface area contributed by atoms with Crippen molar-refractivity contribution in [3.63, 3.8) is 0 Å². The Bertz CT molecular complexity index is 1080. The van der Waals surface area contributed by atoms with Crippen LogP contribution in [0.3, 0.4) is 0 Å². The van der Waals surface area contributed by atoms with Crippen LogP contribution in [0.25, 0.3) is 0 Å². The molecule has 0 saturated carbocycles. The van der Waals surface area contributed by atoms with Gasteiger partial charge in [-0.15, -0.1) is 11.8 Å². The summed E-state index contributed by atoms with van der Waals surface area (Å²) >= 11 is 1.56. The number of thioether (sulfide) groups is 1. The molecule has 1 aliphatic heterocycles. The highest BCUT2D eigenvalue weighted by atomic mass is 32.2. The number of anilines is 2. The number of hydrogen-bond donors (Lipinski definition) is 1. The number of carbonyl (C=O) groups excluding carboxylic acids is 2. The van der Waals surface area contributed by atoms with Crippen molar-refractivity contribution in [2.75, 3.05) is 31.0 Å². The van der Waals surface area contributed by atoms with Gasteiger partial charge in [0.2, 0.25) is 11.8 Å². The van der Waals surface area contributed by atoms with Crippen molar-refractivity contribution in [3.8, 4) is 11.5 Å². The third-order valence-corrected chi connectivity index (χ3v) is 6.20. The maximum Gasteiger partial charge on any atom is 0.244 e. The average molecular weight is 439 g/mol. The van der Waals surface area contributed by atoms with Crippen molar-refractivity contribution >= 4 is 35.0 Å². The lowest BCUT2D eigenvalue weighted by Gasteiger charge is -2.22. The van der Waals surface area contributed by atoms with Gasteiger partial charge < -0.3 is 24.1 Å². The summed E-state index contributed by atoms with van der Waals surface area (Å²) in [5.41, 5.74) is 1.27. The molecule has 0 aliphatic carbocycles. The van der Waals surface area contributed by atoms with Gasteiger partial charge in [-0.1, -0.05) is 12.1 Å². The largest absolute Gasteiger partial charge is 0.493 e. The molecule has 1 N–H and O–H groups in total. The Morgan fingerprint density at radius 1 is 1.13 bits per heavy atom. The van der Waals surface area contributed by atoms with Gasteiger partial charge in [-0.2, -0.15) is 0 Å². The maximum atomic E-state index is 13.1. The summed E-state index contributed by atoms with van der Waals surface area (Å²) in [6.07, 6.45) is 1.84. The fourth-order valence-corrected chi connectivity index (χ4v) is 4.68. The van der Waals surface area contributed by atoms with Crippen molar-refractivity contribution in [2.24, 2.45) is 0 Å².